The van der Waals surface area contributed by atoms with Crippen molar-refractivity contribution < 1.29 is 43.9 Å². The highest BCUT2D eigenvalue weighted by Crippen LogP contribution is 2.24. The molecule has 0 aromatic rings. The van der Waals surface area contributed by atoms with E-state index in [1.54, 1.807) is 13.0 Å². The number of cyclic esters (lactones) is 1. The zero-order valence-electron chi connectivity index (χ0n) is 22.7. The normalized spacial score (nSPS) is 28.6. The van der Waals surface area contributed by atoms with E-state index in [2.05, 4.69) is 0 Å². The average Bonchev–Trinajstić information content (AvgIpc) is 3.23. The van der Waals surface area contributed by atoms with Gasteiger partial charge in [-0.3, -0.25) is 9.59 Å². The lowest BCUT2D eigenvalue weighted by Gasteiger charge is -2.24. The summed E-state index contributed by atoms with van der Waals surface area (Å²) < 4.78 is 17.0. The predicted octanol–water partition coefficient (Wildman–Crippen LogP) is 3.73. The minimum Gasteiger partial charge on any atom is -0.481 e. The first-order valence-electron chi connectivity index (χ1n) is 12.2. The summed E-state index contributed by atoms with van der Waals surface area (Å²) in [5.41, 5.74) is 2.28. The van der Waals surface area contributed by atoms with E-state index in [4.69, 9.17) is 24.4 Å². The van der Waals surface area contributed by atoms with Crippen molar-refractivity contribution in [1.82, 2.24) is 0 Å². The van der Waals surface area contributed by atoms with Crippen LogP contribution >= 0.6 is 0 Å². The molecule has 0 aromatic heterocycles. The number of ether oxygens (including phenoxy) is 3. The standard InChI is InChI=1S/C21H30O6.C5H10O2.CH4O/c1-5-13(2)18-9-7-14(3)19(26-20-11-17(23)12-25-20)10-16(22)8-6-15(4)21(24)27-18;1-4(2)3-5(6)7;1-2/h5-7,17-20,23H,8-12H2,1-4H3;4H,3H2,1-2H3,(H,6,7);2H,1H3/b13-5-,14-7+,15-6-;;. The minimum atomic E-state index is -0.713. The van der Waals surface area contributed by atoms with Gasteiger partial charge >= 0.3 is 11.9 Å². The first-order chi connectivity index (χ1) is 16.9. The molecule has 0 bridgehead atoms. The quantitative estimate of drug-likeness (QED) is 0.371. The van der Waals surface area contributed by atoms with Crippen molar-refractivity contribution in [2.24, 2.45) is 5.92 Å². The van der Waals surface area contributed by atoms with Crippen molar-refractivity contribution in [3.63, 3.8) is 0 Å². The third kappa shape index (κ3) is 13.7. The molecule has 2 heterocycles. The fourth-order valence-electron chi connectivity index (χ4n) is 3.32. The number of hydrogen-bond donors (Lipinski definition) is 3. The molecular formula is C27H44O9. The van der Waals surface area contributed by atoms with E-state index in [0.717, 1.165) is 18.3 Å². The summed E-state index contributed by atoms with van der Waals surface area (Å²) in [6.45, 7) is 11.4. The lowest BCUT2D eigenvalue weighted by Crippen LogP contribution is -2.27. The SMILES string of the molecule is C/C=C(/C)C1C/C=C(\C)C(OC2CC(O)CO2)CC(=O)C/C=C(/C)C(=O)O1.CC(C)CC(=O)O.CO. The Bertz CT molecular complexity index is 795. The van der Waals surface area contributed by atoms with Crippen molar-refractivity contribution in [3.8, 4) is 0 Å². The van der Waals surface area contributed by atoms with Crippen LogP contribution in [-0.4, -0.2) is 71.4 Å². The average molecular weight is 513 g/mol. The van der Waals surface area contributed by atoms with Gasteiger partial charge in [0.15, 0.2) is 6.29 Å². The third-order valence-electron chi connectivity index (χ3n) is 5.58. The summed E-state index contributed by atoms with van der Waals surface area (Å²) in [5, 5.41) is 24.7. The van der Waals surface area contributed by atoms with Crippen LogP contribution in [0, 0.1) is 5.92 Å². The Hall–Kier alpha value is -2.33. The van der Waals surface area contributed by atoms with E-state index >= 15 is 0 Å². The van der Waals surface area contributed by atoms with E-state index in [9.17, 15) is 19.5 Å². The van der Waals surface area contributed by atoms with Crippen LogP contribution in [0.1, 0.15) is 73.6 Å². The number of hydrogen-bond acceptors (Lipinski definition) is 8. The van der Waals surface area contributed by atoms with Crippen molar-refractivity contribution in [1.29, 1.82) is 0 Å². The van der Waals surface area contributed by atoms with Gasteiger partial charge in [-0.15, -0.1) is 0 Å². The number of aliphatic hydroxyl groups excluding tert-OH is 2. The van der Waals surface area contributed by atoms with E-state index in [1.807, 2.05) is 46.8 Å². The van der Waals surface area contributed by atoms with E-state index < -0.39 is 30.4 Å². The van der Waals surface area contributed by atoms with Gasteiger partial charge in [0, 0.05) is 44.8 Å². The van der Waals surface area contributed by atoms with Gasteiger partial charge in [0.1, 0.15) is 11.9 Å². The molecule has 36 heavy (non-hydrogen) atoms. The molecule has 2 rings (SSSR count). The first kappa shape index (κ1) is 33.7. The smallest absolute Gasteiger partial charge is 0.334 e. The molecule has 0 amide bonds. The molecule has 4 atom stereocenters. The Morgan fingerprint density at radius 1 is 1.22 bits per heavy atom. The van der Waals surface area contributed by atoms with E-state index in [0.29, 0.717) is 18.4 Å². The second-order valence-electron chi connectivity index (χ2n) is 9.21. The third-order valence-corrected chi connectivity index (χ3v) is 5.58. The molecule has 1 saturated heterocycles. The van der Waals surface area contributed by atoms with Crippen molar-refractivity contribution in [3.05, 3.63) is 34.9 Å². The Balaban J connectivity index is 0.00000117. The van der Waals surface area contributed by atoms with Crippen LogP contribution in [0.15, 0.2) is 34.9 Å². The number of ketones is 1. The zero-order chi connectivity index (χ0) is 27.8. The second-order valence-corrected chi connectivity index (χ2v) is 9.21. The molecule has 2 aliphatic rings. The second kappa shape index (κ2) is 18.0. The van der Waals surface area contributed by atoms with E-state index in [1.165, 1.54) is 0 Å². The number of allylic oxidation sites excluding steroid dienone is 2. The highest BCUT2D eigenvalue weighted by Gasteiger charge is 2.29. The fourth-order valence-corrected chi connectivity index (χ4v) is 3.32. The van der Waals surface area contributed by atoms with Crippen molar-refractivity contribution in [2.45, 2.75) is 98.2 Å². The Kier molecular flexibility index (Phi) is 16.8. The summed E-state index contributed by atoms with van der Waals surface area (Å²) in [5.74, 6) is -0.866. The van der Waals surface area contributed by atoms with Gasteiger partial charge in [0.25, 0.3) is 0 Å². The van der Waals surface area contributed by atoms with Gasteiger partial charge in [-0.25, -0.2) is 4.79 Å². The van der Waals surface area contributed by atoms with Crippen LogP contribution in [0.5, 0.6) is 0 Å². The summed E-state index contributed by atoms with van der Waals surface area (Å²) in [6.07, 6.45) is 5.18. The van der Waals surface area contributed by atoms with Gasteiger partial charge in [-0.2, -0.15) is 0 Å². The Morgan fingerprint density at radius 3 is 2.33 bits per heavy atom. The summed E-state index contributed by atoms with van der Waals surface area (Å²) in [4.78, 5) is 34.4. The molecule has 2 aliphatic heterocycles. The minimum absolute atomic E-state index is 0.0276. The maximum atomic E-state index is 12.4. The number of carbonyl (C=O) groups is 3. The van der Waals surface area contributed by atoms with Gasteiger partial charge in [-0.1, -0.05) is 32.1 Å². The molecule has 3 N–H and O–H groups in total. The van der Waals surface area contributed by atoms with Crippen LogP contribution < -0.4 is 0 Å². The molecule has 0 spiro atoms. The molecule has 9 heteroatoms. The molecule has 206 valence electrons. The number of aliphatic carboxylic acids is 1. The monoisotopic (exact) mass is 512 g/mol. The molecular weight excluding hydrogens is 468 g/mol. The number of aliphatic hydroxyl groups is 2. The summed E-state index contributed by atoms with van der Waals surface area (Å²) >= 11 is 0. The molecule has 4 unspecified atom stereocenters. The van der Waals surface area contributed by atoms with Crippen molar-refractivity contribution >= 4 is 17.7 Å². The molecule has 0 radical (unpaired) electrons. The number of rotatable bonds is 5. The lowest BCUT2D eigenvalue weighted by molar-refractivity contribution is -0.143. The van der Waals surface area contributed by atoms with Crippen LogP contribution in [0.2, 0.25) is 0 Å². The van der Waals surface area contributed by atoms with Crippen molar-refractivity contribution in [2.75, 3.05) is 13.7 Å². The largest absolute Gasteiger partial charge is 0.481 e. The topological polar surface area (TPSA) is 140 Å². The highest BCUT2D eigenvalue weighted by molar-refractivity contribution is 5.89. The van der Waals surface area contributed by atoms with Crippen LogP contribution in [0.3, 0.4) is 0 Å². The van der Waals surface area contributed by atoms with Gasteiger partial charge < -0.3 is 29.5 Å². The van der Waals surface area contributed by atoms with Crippen LogP contribution in [-0.2, 0) is 28.6 Å². The zero-order valence-corrected chi connectivity index (χ0v) is 22.7. The number of carbonyl (C=O) groups excluding carboxylic acids is 2. The van der Waals surface area contributed by atoms with Gasteiger partial charge in [0.2, 0.25) is 0 Å². The number of esters is 1. The summed E-state index contributed by atoms with van der Waals surface area (Å²) in [6, 6.07) is 0. The molecule has 0 aliphatic carbocycles. The van der Waals surface area contributed by atoms with E-state index in [-0.39, 0.29) is 43.7 Å². The Morgan fingerprint density at radius 2 is 1.86 bits per heavy atom. The fraction of sp³-hybridized carbons (Fsp3) is 0.667. The maximum Gasteiger partial charge on any atom is 0.334 e. The highest BCUT2D eigenvalue weighted by atomic mass is 16.7. The van der Waals surface area contributed by atoms with Crippen LogP contribution in [0.25, 0.3) is 0 Å². The predicted molar refractivity (Wildman–Crippen MR) is 136 cm³/mol. The number of carboxylic acid groups (broad SMARTS) is 1. The van der Waals surface area contributed by atoms with Crippen LogP contribution in [0.4, 0.5) is 0 Å². The Labute approximate surface area is 214 Å². The number of carboxylic acids is 1. The summed E-state index contributed by atoms with van der Waals surface area (Å²) in [7, 11) is 1.00. The maximum absolute atomic E-state index is 12.4. The molecule has 9 nitrogen and oxygen atoms in total. The van der Waals surface area contributed by atoms with Gasteiger partial charge in [0.05, 0.1) is 18.8 Å². The molecule has 0 aromatic carbocycles. The lowest BCUT2D eigenvalue weighted by atomic mass is 9.99. The molecule has 0 saturated carbocycles. The molecule has 1 fully saturated rings. The van der Waals surface area contributed by atoms with Gasteiger partial charge in [-0.05, 0) is 44.8 Å². The first-order valence-corrected chi connectivity index (χ1v) is 12.2. The number of Topliss-reactive ketones (excluding diaryl/α,β-unsaturated/α-hetero) is 1.